The van der Waals surface area contributed by atoms with Crippen molar-refractivity contribution in [3.8, 4) is 11.5 Å². The normalized spacial score (nSPS) is 18.2. The lowest BCUT2D eigenvalue weighted by atomic mass is 10.1. The Hall–Kier alpha value is -1.38. The van der Waals surface area contributed by atoms with Gasteiger partial charge in [0.1, 0.15) is 17.6 Å². The van der Waals surface area contributed by atoms with Crippen LogP contribution in [0.25, 0.3) is 0 Å². The molecule has 0 radical (unpaired) electrons. The molecule has 1 unspecified atom stereocenters. The molecule has 3 heteroatoms. The number of nitrogens with one attached hydrogen (secondary N) is 1. The van der Waals surface area contributed by atoms with Crippen molar-refractivity contribution in [3.05, 3.63) is 17.7 Å². The summed E-state index contributed by atoms with van der Waals surface area (Å²) in [6.45, 7) is 4.76. The van der Waals surface area contributed by atoms with Gasteiger partial charge in [0.15, 0.2) is 0 Å². The summed E-state index contributed by atoms with van der Waals surface area (Å²) in [4.78, 5) is 0. The highest BCUT2D eigenvalue weighted by Crippen LogP contribution is 2.37. The van der Waals surface area contributed by atoms with Crippen LogP contribution >= 0.6 is 0 Å². The standard InChI is InChI=1S/C12H17NO2/c1-4-14-12-6-9-5-8(2)15-11(9)7-10(12)13-3/h6-8,13H,4-5H2,1-3H3. The number of benzene rings is 1. The van der Waals surface area contributed by atoms with E-state index < -0.39 is 0 Å². The van der Waals surface area contributed by atoms with Crippen molar-refractivity contribution in [1.82, 2.24) is 0 Å². The van der Waals surface area contributed by atoms with Crippen LogP contribution in [0.5, 0.6) is 11.5 Å². The number of rotatable bonds is 3. The van der Waals surface area contributed by atoms with E-state index in [4.69, 9.17) is 9.47 Å². The van der Waals surface area contributed by atoms with Crippen molar-refractivity contribution < 1.29 is 9.47 Å². The zero-order valence-corrected chi connectivity index (χ0v) is 9.46. The molecule has 1 aromatic carbocycles. The van der Waals surface area contributed by atoms with Crippen molar-refractivity contribution in [2.45, 2.75) is 26.4 Å². The maximum Gasteiger partial charge on any atom is 0.142 e. The SMILES string of the molecule is CCOc1cc2c(cc1NC)OC(C)C2. The smallest absolute Gasteiger partial charge is 0.142 e. The molecule has 1 aromatic rings. The number of hydrogen-bond acceptors (Lipinski definition) is 3. The summed E-state index contributed by atoms with van der Waals surface area (Å²) >= 11 is 0. The molecule has 0 aromatic heterocycles. The van der Waals surface area contributed by atoms with E-state index >= 15 is 0 Å². The van der Waals surface area contributed by atoms with Gasteiger partial charge in [0.2, 0.25) is 0 Å². The molecule has 1 N–H and O–H groups in total. The fraction of sp³-hybridized carbons (Fsp3) is 0.500. The van der Waals surface area contributed by atoms with Gasteiger partial charge in [-0.25, -0.2) is 0 Å². The van der Waals surface area contributed by atoms with Gasteiger partial charge in [-0.15, -0.1) is 0 Å². The van der Waals surface area contributed by atoms with Crippen LogP contribution in [-0.2, 0) is 6.42 Å². The first-order valence-corrected chi connectivity index (χ1v) is 5.38. The monoisotopic (exact) mass is 207 g/mol. The minimum atomic E-state index is 0.279. The first-order valence-electron chi connectivity index (χ1n) is 5.38. The fourth-order valence-corrected chi connectivity index (χ4v) is 1.91. The summed E-state index contributed by atoms with van der Waals surface area (Å²) in [5.74, 6) is 1.90. The molecule has 0 amide bonds. The Balaban J connectivity index is 2.36. The summed E-state index contributed by atoms with van der Waals surface area (Å²) in [7, 11) is 1.89. The molecule has 1 atom stereocenters. The second-order valence-electron chi connectivity index (χ2n) is 3.77. The van der Waals surface area contributed by atoms with Gasteiger partial charge < -0.3 is 14.8 Å². The third-order valence-electron chi connectivity index (χ3n) is 2.57. The molecule has 1 heterocycles. The van der Waals surface area contributed by atoms with Crippen LogP contribution < -0.4 is 14.8 Å². The second-order valence-corrected chi connectivity index (χ2v) is 3.77. The summed E-state index contributed by atoms with van der Waals surface area (Å²) in [5.41, 5.74) is 2.23. The largest absolute Gasteiger partial charge is 0.492 e. The lowest BCUT2D eigenvalue weighted by Crippen LogP contribution is -2.05. The lowest BCUT2D eigenvalue weighted by Gasteiger charge is -2.11. The first kappa shape index (κ1) is 10.1. The molecule has 15 heavy (non-hydrogen) atoms. The van der Waals surface area contributed by atoms with Gasteiger partial charge in [-0.2, -0.15) is 0 Å². The third kappa shape index (κ3) is 1.87. The molecular weight excluding hydrogens is 190 g/mol. The molecule has 1 aliphatic rings. The van der Waals surface area contributed by atoms with Crippen molar-refractivity contribution in [1.29, 1.82) is 0 Å². The van der Waals surface area contributed by atoms with E-state index in [0.29, 0.717) is 6.61 Å². The van der Waals surface area contributed by atoms with Gasteiger partial charge in [0.05, 0.1) is 12.3 Å². The molecular formula is C12H17NO2. The second kappa shape index (κ2) is 4.01. The van der Waals surface area contributed by atoms with Crippen molar-refractivity contribution in [3.63, 3.8) is 0 Å². The highest BCUT2D eigenvalue weighted by atomic mass is 16.5. The van der Waals surface area contributed by atoms with Gasteiger partial charge in [0, 0.05) is 25.1 Å². The summed E-state index contributed by atoms with van der Waals surface area (Å²) in [5, 5.41) is 3.12. The predicted molar refractivity (Wildman–Crippen MR) is 61.0 cm³/mol. The zero-order chi connectivity index (χ0) is 10.8. The lowest BCUT2D eigenvalue weighted by molar-refractivity contribution is 0.254. The van der Waals surface area contributed by atoms with Crippen molar-refractivity contribution in [2.24, 2.45) is 0 Å². The van der Waals surface area contributed by atoms with E-state index in [1.165, 1.54) is 5.56 Å². The Morgan fingerprint density at radius 1 is 1.53 bits per heavy atom. The minimum Gasteiger partial charge on any atom is -0.492 e. The Labute approximate surface area is 90.4 Å². The van der Waals surface area contributed by atoms with Crippen LogP contribution in [0.15, 0.2) is 12.1 Å². The molecule has 0 bridgehead atoms. The maximum absolute atomic E-state index is 5.69. The summed E-state index contributed by atoms with van der Waals surface area (Å²) < 4.78 is 11.3. The summed E-state index contributed by atoms with van der Waals surface area (Å²) in [6, 6.07) is 4.10. The van der Waals surface area contributed by atoms with Gasteiger partial charge in [-0.3, -0.25) is 0 Å². The van der Waals surface area contributed by atoms with E-state index in [0.717, 1.165) is 23.6 Å². The Morgan fingerprint density at radius 3 is 3.00 bits per heavy atom. The molecule has 0 fully saturated rings. The molecule has 1 aliphatic heterocycles. The molecule has 0 spiro atoms. The van der Waals surface area contributed by atoms with Gasteiger partial charge in [-0.05, 0) is 19.9 Å². The topological polar surface area (TPSA) is 30.5 Å². The van der Waals surface area contributed by atoms with Crippen LogP contribution in [0.1, 0.15) is 19.4 Å². The quantitative estimate of drug-likeness (QED) is 0.825. The average Bonchev–Trinajstić information content (AvgIpc) is 2.56. The van der Waals surface area contributed by atoms with Crippen molar-refractivity contribution >= 4 is 5.69 Å². The minimum absolute atomic E-state index is 0.279. The summed E-state index contributed by atoms with van der Waals surface area (Å²) in [6.07, 6.45) is 1.25. The molecule has 0 saturated carbocycles. The van der Waals surface area contributed by atoms with Crippen LogP contribution in [0.2, 0.25) is 0 Å². The zero-order valence-electron chi connectivity index (χ0n) is 9.46. The van der Waals surface area contributed by atoms with Gasteiger partial charge >= 0.3 is 0 Å². The average molecular weight is 207 g/mol. The van der Waals surface area contributed by atoms with Gasteiger partial charge in [0.25, 0.3) is 0 Å². The number of hydrogen-bond donors (Lipinski definition) is 1. The first-order chi connectivity index (χ1) is 7.24. The number of fused-ring (bicyclic) bond motifs is 1. The maximum atomic E-state index is 5.69. The van der Waals surface area contributed by atoms with Crippen LogP contribution in [0, 0.1) is 0 Å². The van der Waals surface area contributed by atoms with E-state index in [9.17, 15) is 0 Å². The predicted octanol–water partition coefficient (Wildman–Crippen LogP) is 2.45. The third-order valence-corrected chi connectivity index (χ3v) is 2.57. The van der Waals surface area contributed by atoms with Crippen LogP contribution in [-0.4, -0.2) is 19.8 Å². The molecule has 0 saturated heterocycles. The molecule has 2 rings (SSSR count). The van der Waals surface area contributed by atoms with E-state index in [1.54, 1.807) is 0 Å². The Morgan fingerprint density at radius 2 is 2.33 bits per heavy atom. The van der Waals surface area contributed by atoms with E-state index in [1.807, 2.05) is 20.0 Å². The Kier molecular flexibility index (Phi) is 2.71. The highest BCUT2D eigenvalue weighted by molar-refractivity contribution is 5.63. The Bertz CT molecular complexity index is 363. The van der Waals surface area contributed by atoms with Gasteiger partial charge in [-0.1, -0.05) is 0 Å². The highest BCUT2D eigenvalue weighted by Gasteiger charge is 2.21. The van der Waals surface area contributed by atoms with Crippen LogP contribution in [0.4, 0.5) is 5.69 Å². The van der Waals surface area contributed by atoms with Crippen molar-refractivity contribution in [2.75, 3.05) is 19.0 Å². The number of ether oxygens (including phenoxy) is 2. The molecule has 3 nitrogen and oxygen atoms in total. The fourth-order valence-electron chi connectivity index (χ4n) is 1.91. The molecule has 0 aliphatic carbocycles. The van der Waals surface area contributed by atoms with E-state index in [2.05, 4.69) is 18.3 Å². The van der Waals surface area contributed by atoms with E-state index in [-0.39, 0.29) is 6.10 Å². The van der Waals surface area contributed by atoms with Crippen LogP contribution in [0.3, 0.4) is 0 Å². The molecule has 82 valence electrons. The number of anilines is 1.